The molecule has 0 aromatic heterocycles. The zero-order valence-corrected chi connectivity index (χ0v) is 13.5. The maximum Gasteiger partial charge on any atom is 0.310 e. The molecule has 0 radical (unpaired) electrons. The summed E-state index contributed by atoms with van der Waals surface area (Å²) in [7, 11) is 2.14. The number of rotatable bonds is 4. The average Bonchev–Trinajstić information content (AvgIpc) is 2.76. The summed E-state index contributed by atoms with van der Waals surface area (Å²) in [6.07, 6.45) is 4.40. The smallest absolute Gasteiger partial charge is 0.310 e. The van der Waals surface area contributed by atoms with E-state index in [-0.39, 0.29) is 11.9 Å². The first-order valence-corrected chi connectivity index (χ1v) is 8.15. The van der Waals surface area contributed by atoms with E-state index in [0.717, 1.165) is 30.5 Å². The van der Waals surface area contributed by atoms with E-state index < -0.39 is 0 Å². The van der Waals surface area contributed by atoms with Crippen LogP contribution in [-0.2, 0) is 16.1 Å². The number of carbonyl (C=O) groups is 1. The average molecular weight is 316 g/mol. The van der Waals surface area contributed by atoms with Crippen LogP contribution in [-0.4, -0.2) is 35.2 Å². The quantitative estimate of drug-likeness (QED) is 0.485. The van der Waals surface area contributed by atoms with Crippen LogP contribution in [0, 0.1) is 5.92 Å². The zero-order valence-electron chi connectivity index (χ0n) is 12.7. The molecule has 4 nitrogen and oxygen atoms in total. The number of ether oxygens (including phenoxy) is 1. The summed E-state index contributed by atoms with van der Waals surface area (Å²) >= 11 is 4.57. The third-order valence-electron chi connectivity index (χ3n) is 4.97. The van der Waals surface area contributed by atoms with E-state index in [4.69, 9.17) is 4.74 Å². The second-order valence-corrected chi connectivity index (χ2v) is 6.31. The van der Waals surface area contributed by atoms with Gasteiger partial charge in [0.25, 0.3) is 0 Å². The van der Waals surface area contributed by atoms with Gasteiger partial charge in [-0.25, -0.2) is 0 Å². The topological polar surface area (TPSA) is 41.9 Å². The Kier molecular flexibility index (Phi) is 4.67. The molecular formula is C17H20N2O2S. The Labute approximate surface area is 136 Å². The maximum absolute atomic E-state index is 12.4. The van der Waals surface area contributed by atoms with Crippen molar-refractivity contribution in [3.8, 4) is 0 Å². The van der Waals surface area contributed by atoms with Crippen LogP contribution in [0.2, 0.25) is 0 Å². The number of carbonyl (C=O) groups excluding carboxylic acids is 1. The van der Waals surface area contributed by atoms with E-state index in [1.54, 1.807) is 0 Å². The lowest BCUT2D eigenvalue weighted by Gasteiger charge is -2.36. The number of esters is 1. The SMILES string of the molecule is CN1C2CCC(C(=O)OCc3ccc(N=C=S)cc3)C1CC2. The summed E-state index contributed by atoms with van der Waals surface area (Å²) in [6, 6.07) is 8.53. The van der Waals surface area contributed by atoms with E-state index in [2.05, 4.69) is 34.3 Å². The van der Waals surface area contributed by atoms with Gasteiger partial charge in [-0.3, -0.25) is 9.69 Å². The minimum Gasteiger partial charge on any atom is -0.461 e. The number of thiocarbonyl (C=S) groups is 1. The van der Waals surface area contributed by atoms with Gasteiger partial charge in [0.15, 0.2) is 0 Å². The lowest BCUT2D eigenvalue weighted by Crippen LogP contribution is -2.45. The van der Waals surface area contributed by atoms with Crippen molar-refractivity contribution in [2.45, 2.75) is 44.4 Å². The van der Waals surface area contributed by atoms with Crippen molar-refractivity contribution in [3.63, 3.8) is 0 Å². The number of benzene rings is 1. The number of isothiocyanates is 1. The number of nitrogens with zero attached hydrogens (tertiary/aromatic N) is 2. The molecule has 2 fully saturated rings. The molecule has 2 aliphatic rings. The lowest BCUT2D eigenvalue weighted by molar-refractivity contribution is -0.153. The summed E-state index contributed by atoms with van der Waals surface area (Å²) in [5.41, 5.74) is 1.72. The molecule has 2 bridgehead atoms. The monoisotopic (exact) mass is 316 g/mol. The Bertz CT molecular complexity index is 595. The molecule has 0 N–H and O–H groups in total. The molecule has 0 saturated carbocycles. The highest BCUT2D eigenvalue weighted by molar-refractivity contribution is 7.78. The van der Waals surface area contributed by atoms with Gasteiger partial charge in [0.1, 0.15) is 6.61 Å². The summed E-state index contributed by atoms with van der Waals surface area (Å²) in [5, 5.41) is 2.33. The molecule has 116 valence electrons. The van der Waals surface area contributed by atoms with Gasteiger partial charge >= 0.3 is 5.97 Å². The van der Waals surface area contributed by atoms with E-state index in [0.29, 0.717) is 18.7 Å². The maximum atomic E-state index is 12.4. The van der Waals surface area contributed by atoms with Gasteiger partial charge in [0.2, 0.25) is 0 Å². The summed E-state index contributed by atoms with van der Waals surface area (Å²) in [4.78, 5) is 18.7. The summed E-state index contributed by atoms with van der Waals surface area (Å²) in [6.45, 7) is 0.316. The summed E-state index contributed by atoms with van der Waals surface area (Å²) in [5.74, 6) is -0.0272. The largest absolute Gasteiger partial charge is 0.461 e. The number of hydrogen-bond donors (Lipinski definition) is 0. The predicted octanol–water partition coefficient (Wildman–Crippen LogP) is 3.34. The predicted molar refractivity (Wildman–Crippen MR) is 88.2 cm³/mol. The molecule has 3 unspecified atom stereocenters. The minimum absolute atomic E-state index is 0.0300. The third kappa shape index (κ3) is 3.12. The fraction of sp³-hybridized carbons (Fsp3) is 0.529. The molecule has 1 aromatic rings. The number of aliphatic imine (C=N–C) groups is 1. The fourth-order valence-electron chi connectivity index (χ4n) is 3.69. The van der Waals surface area contributed by atoms with Gasteiger partial charge < -0.3 is 4.74 Å². The van der Waals surface area contributed by atoms with Crippen LogP contribution in [0.1, 0.15) is 31.2 Å². The molecule has 22 heavy (non-hydrogen) atoms. The first-order valence-electron chi connectivity index (χ1n) is 7.74. The Morgan fingerprint density at radius 1 is 1.32 bits per heavy atom. The first-order chi connectivity index (χ1) is 10.7. The van der Waals surface area contributed by atoms with Crippen LogP contribution in [0.15, 0.2) is 29.3 Å². The van der Waals surface area contributed by atoms with Gasteiger partial charge in [-0.1, -0.05) is 12.1 Å². The molecule has 5 heteroatoms. The van der Waals surface area contributed by atoms with Gasteiger partial charge in [-0.15, -0.1) is 0 Å². The van der Waals surface area contributed by atoms with Crippen molar-refractivity contribution in [1.82, 2.24) is 4.90 Å². The Balaban J connectivity index is 1.57. The molecule has 0 spiro atoms. The van der Waals surface area contributed by atoms with Crippen molar-refractivity contribution in [2.24, 2.45) is 10.9 Å². The Morgan fingerprint density at radius 3 is 2.77 bits per heavy atom. The highest BCUT2D eigenvalue weighted by atomic mass is 32.1. The van der Waals surface area contributed by atoms with Crippen LogP contribution in [0.4, 0.5) is 5.69 Å². The standard InChI is InChI=1S/C17H20N2O2S/c1-19-14-6-8-15(16(19)9-7-14)17(20)21-10-12-2-4-13(5-3-12)18-11-22/h2-5,14-16H,6-10H2,1H3. The number of fused-ring (bicyclic) bond motifs is 2. The van der Waals surface area contributed by atoms with Gasteiger partial charge in [-0.2, -0.15) is 4.99 Å². The van der Waals surface area contributed by atoms with Crippen molar-refractivity contribution in [3.05, 3.63) is 29.8 Å². The first kappa shape index (κ1) is 15.3. The highest BCUT2D eigenvalue weighted by Gasteiger charge is 2.43. The van der Waals surface area contributed by atoms with Crippen LogP contribution >= 0.6 is 12.2 Å². The molecule has 0 aliphatic carbocycles. The fourth-order valence-corrected chi connectivity index (χ4v) is 3.80. The van der Waals surface area contributed by atoms with Gasteiger partial charge in [-0.05, 0) is 62.6 Å². The van der Waals surface area contributed by atoms with Crippen molar-refractivity contribution < 1.29 is 9.53 Å². The molecule has 1 aromatic carbocycles. The molecule has 2 heterocycles. The van der Waals surface area contributed by atoms with E-state index in [1.165, 1.54) is 6.42 Å². The number of hydrogen-bond acceptors (Lipinski definition) is 5. The van der Waals surface area contributed by atoms with Crippen LogP contribution in [0.25, 0.3) is 0 Å². The molecule has 2 saturated heterocycles. The minimum atomic E-state index is -0.0572. The van der Waals surface area contributed by atoms with Crippen LogP contribution < -0.4 is 0 Å². The van der Waals surface area contributed by atoms with Crippen LogP contribution in [0.5, 0.6) is 0 Å². The van der Waals surface area contributed by atoms with E-state index >= 15 is 0 Å². The normalized spacial score (nSPS) is 27.2. The molecule has 3 rings (SSSR count). The molecule has 2 aliphatic heterocycles. The third-order valence-corrected chi connectivity index (χ3v) is 5.06. The Hall–Kier alpha value is -1.55. The second-order valence-electron chi connectivity index (χ2n) is 6.13. The van der Waals surface area contributed by atoms with Crippen molar-refractivity contribution in [2.75, 3.05) is 7.05 Å². The summed E-state index contributed by atoms with van der Waals surface area (Å²) < 4.78 is 5.53. The molecule has 3 atom stereocenters. The van der Waals surface area contributed by atoms with E-state index in [9.17, 15) is 4.79 Å². The molecular weight excluding hydrogens is 296 g/mol. The second kappa shape index (κ2) is 6.69. The highest BCUT2D eigenvalue weighted by Crippen LogP contribution is 2.38. The van der Waals surface area contributed by atoms with Gasteiger partial charge in [0, 0.05) is 12.1 Å². The zero-order chi connectivity index (χ0) is 15.5. The van der Waals surface area contributed by atoms with Crippen LogP contribution in [0.3, 0.4) is 0 Å². The molecule has 0 amide bonds. The number of piperidine rings is 1. The van der Waals surface area contributed by atoms with Crippen molar-refractivity contribution in [1.29, 1.82) is 0 Å². The van der Waals surface area contributed by atoms with E-state index in [1.807, 2.05) is 24.3 Å². The van der Waals surface area contributed by atoms with Gasteiger partial charge in [0.05, 0.1) is 16.8 Å². The van der Waals surface area contributed by atoms with Crippen molar-refractivity contribution >= 4 is 29.0 Å². The Morgan fingerprint density at radius 2 is 2.05 bits per heavy atom. The lowest BCUT2D eigenvalue weighted by atomic mass is 9.91.